The SMILES string of the molecule is C=CCn1c(SCc2nc(-c3ccc(C(F)(F)F)cc3)no2)nnc1-c1ccco1. The van der Waals surface area contributed by atoms with E-state index < -0.39 is 11.7 Å². The van der Waals surface area contributed by atoms with Crippen molar-refractivity contribution in [1.82, 2.24) is 24.9 Å². The molecule has 0 bridgehead atoms. The Kier molecular flexibility index (Phi) is 5.44. The first kappa shape index (κ1) is 20.0. The summed E-state index contributed by atoms with van der Waals surface area (Å²) < 4.78 is 50.5. The molecular weight excluding hydrogens is 419 g/mol. The maximum Gasteiger partial charge on any atom is 0.416 e. The van der Waals surface area contributed by atoms with Crippen LogP contribution in [0.5, 0.6) is 0 Å². The zero-order valence-electron chi connectivity index (χ0n) is 15.3. The van der Waals surface area contributed by atoms with E-state index in [9.17, 15) is 13.2 Å². The number of nitrogens with zero attached hydrogens (tertiary/aromatic N) is 5. The minimum Gasteiger partial charge on any atom is -0.461 e. The van der Waals surface area contributed by atoms with Crippen LogP contribution < -0.4 is 0 Å². The van der Waals surface area contributed by atoms with Crippen LogP contribution in [0.2, 0.25) is 0 Å². The Hall–Kier alpha value is -3.34. The van der Waals surface area contributed by atoms with Crippen LogP contribution in [0.3, 0.4) is 0 Å². The van der Waals surface area contributed by atoms with Crippen molar-refractivity contribution in [2.75, 3.05) is 0 Å². The highest BCUT2D eigenvalue weighted by atomic mass is 32.2. The molecule has 30 heavy (non-hydrogen) atoms. The summed E-state index contributed by atoms with van der Waals surface area (Å²) in [7, 11) is 0. The van der Waals surface area contributed by atoms with Gasteiger partial charge in [-0.1, -0.05) is 35.1 Å². The zero-order valence-corrected chi connectivity index (χ0v) is 16.2. The molecule has 4 rings (SSSR count). The second-order valence-corrected chi connectivity index (χ2v) is 7.00. The topological polar surface area (TPSA) is 82.8 Å². The first-order chi connectivity index (χ1) is 14.5. The molecule has 0 aliphatic rings. The number of allylic oxidation sites excluding steroid dienone is 1. The van der Waals surface area contributed by atoms with E-state index in [1.54, 1.807) is 24.5 Å². The number of aromatic nitrogens is 5. The van der Waals surface area contributed by atoms with Crippen molar-refractivity contribution in [3.63, 3.8) is 0 Å². The largest absolute Gasteiger partial charge is 0.461 e. The molecule has 0 atom stereocenters. The normalized spacial score (nSPS) is 11.7. The molecule has 0 aliphatic heterocycles. The lowest BCUT2D eigenvalue weighted by molar-refractivity contribution is -0.137. The molecule has 1 aromatic carbocycles. The minimum atomic E-state index is -4.40. The first-order valence-electron chi connectivity index (χ1n) is 8.66. The molecule has 7 nitrogen and oxygen atoms in total. The highest BCUT2D eigenvalue weighted by molar-refractivity contribution is 7.98. The summed E-state index contributed by atoms with van der Waals surface area (Å²) >= 11 is 1.33. The van der Waals surface area contributed by atoms with Crippen molar-refractivity contribution >= 4 is 11.8 Å². The Balaban J connectivity index is 1.48. The zero-order chi connectivity index (χ0) is 21.1. The number of benzene rings is 1. The minimum absolute atomic E-state index is 0.211. The van der Waals surface area contributed by atoms with Gasteiger partial charge >= 0.3 is 6.18 Å². The van der Waals surface area contributed by atoms with Crippen LogP contribution in [0, 0.1) is 0 Å². The number of alkyl halides is 3. The molecule has 3 aromatic heterocycles. The Morgan fingerprint density at radius 2 is 1.93 bits per heavy atom. The molecule has 3 heterocycles. The summed E-state index contributed by atoms with van der Waals surface area (Å²) in [6.45, 7) is 4.23. The highest BCUT2D eigenvalue weighted by Crippen LogP contribution is 2.31. The molecule has 154 valence electrons. The Bertz CT molecular complexity index is 1130. The van der Waals surface area contributed by atoms with Gasteiger partial charge in [-0.3, -0.25) is 4.57 Å². The van der Waals surface area contributed by atoms with Gasteiger partial charge in [0.05, 0.1) is 17.6 Å². The summed E-state index contributed by atoms with van der Waals surface area (Å²) in [4.78, 5) is 4.24. The third-order valence-corrected chi connectivity index (χ3v) is 4.98. The molecule has 0 spiro atoms. The van der Waals surface area contributed by atoms with Crippen LogP contribution in [-0.4, -0.2) is 24.9 Å². The average molecular weight is 433 g/mol. The van der Waals surface area contributed by atoms with E-state index >= 15 is 0 Å². The van der Waals surface area contributed by atoms with Gasteiger partial charge in [0.15, 0.2) is 10.9 Å². The van der Waals surface area contributed by atoms with Gasteiger partial charge in [0.1, 0.15) is 0 Å². The quantitative estimate of drug-likeness (QED) is 0.297. The van der Waals surface area contributed by atoms with Crippen LogP contribution in [0.25, 0.3) is 23.0 Å². The van der Waals surface area contributed by atoms with Crippen molar-refractivity contribution in [2.45, 2.75) is 23.6 Å². The van der Waals surface area contributed by atoms with Crippen molar-refractivity contribution in [3.8, 4) is 23.0 Å². The summed E-state index contributed by atoms with van der Waals surface area (Å²) in [5.74, 6) is 1.98. The average Bonchev–Trinajstić information content (AvgIpc) is 3.47. The lowest BCUT2D eigenvalue weighted by Crippen LogP contribution is -2.04. The van der Waals surface area contributed by atoms with Crippen molar-refractivity contribution in [3.05, 3.63) is 66.8 Å². The third kappa shape index (κ3) is 4.15. The molecule has 0 saturated carbocycles. The van der Waals surface area contributed by atoms with Gasteiger partial charge in [0, 0.05) is 12.1 Å². The van der Waals surface area contributed by atoms with Crippen molar-refractivity contribution in [2.24, 2.45) is 0 Å². The summed E-state index contributed by atoms with van der Waals surface area (Å²) in [6, 6.07) is 8.12. The fourth-order valence-corrected chi connectivity index (χ4v) is 3.43. The lowest BCUT2D eigenvalue weighted by atomic mass is 10.1. The van der Waals surface area contributed by atoms with Crippen LogP contribution in [0.15, 0.2) is 69.4 Å². The van der Waals surface area contributed by atoms with E-state index in [1.807, 2.05) is 4.57 Å². The first-order valence-corrected chi connectivity index (χ1v) is 9.65. The predicted molar refractivity (Wildman–Crippen MR) is 102 cm³/mol. The van der Waals surface area contributed by atoms with E-state index in [2.05, 4.69) is 26.9 Å². The van der Waals surface area contributed by atoms with Crippen LogP contribution in [0.4, 0.5) is 13.2 Å². The molecule has 11 heteroatoms. The van der Waals surface area contributed by atoms with Gasteiger partial charge in [0.2, 0.25) is 17.5 Å². The monoisotopic (exact) mass is 433 g/mol. The second kappa shape index (κ2) is 8.19. The number of hydrogen-bond acceptors (Lipinski definition) is 7. The third-order valence-electron chi connectivity index (χ3n) is 4.03. The second-order valence-electron chi connectivity index (χ2n) is 6.06. The number of thioether (sulfide) groups is 1. The molecular formula is C19H14F3N5O2S. The van der Waals surface area contributed by atoms with E-state index in [-0.39, 0.29) is 5.82 Å². The maximum absolute atomic E-state index is 12.7. The molecule has 0 saturated heterocycles. The van der Waals surface area contributed by atoms with Gasteiger partial charge in [-0.05, 0) is 24.3 Å². The van der Waals surface area contributed by atoms with Crippen LogP contribution in [0.1, 0.15) is 11.5 Å². The Morgan fingerprint density at radius 1 is 1.13 bits per heavy atom. The molecule has 0 amide bonds. The smallest absolute Gasteiger partial charge is 0.416 e. The van der Waals surface area contributed by atoms with Crippen molar-refractivity contribution in [1.29, 1.82) is 0 Å². The summed E-state index contributed by atoms with van der Waals surface area (Å²) in [5.41, 5.74) is -0.308. The standard InChI is InChI=1S/C19H14F3N5O2S/c1-2-9-27-17(14-4-3-10-28-14)24-25-18(27)30-11-15-23-16(26-29-15)12-5-7-13(8-6-12)19(20,21)22/h2-8,10H,1,9,11H2. The van der Waals surface area contributed by atoms with Gasteiger partial charge in [-0.2, -0.15) is 18.2 Å². The molecule has 0 fully saturated rings. The van der Waals surface area contributed by atoms with E-state index in [0.29, 0.717) is 40.5 Å². The van der Waals surface area contributed by atoms with E-state index in [4.69, 9.17) is 8.94 Å². The number of hydrogen-bond donors (Lipinski definition) is 0. The number of halogens is 3. The predicted octanol–water partition coefficient (Wildman–Crippen LogP) is 5.09. The molecule has 0 N–H and O–H groups in total. The van der Waals surface area contributed by atoms with Gasteiger partial charge < -0.3 is 8.94 Å². The van der Waals surface area contributed by atoms with Crippen LogP contribution >= 0.6 is 11.8 Å². The summed E-state index contributed by atoms with van der Waals surface area (Å²) in [5, 5.41) is 12.8. The molecule has 0 aliphatic carbocycles. The summed E-state index contributed by atoms with van der Waals surface area (Å²) in [6.07, 6.45) is -1.13. The molecule has 4 aromatic rings. The van der Waals surface area contributed by atoms with E-state index in [0.717, 1.165) is 12.1 Å². The Morgan fingerprint density at radius 3 is 2.60 bits per heavy atom. The fourth-order valence-electron chi connectivity index (χ4n) is 2.64. The highest BCUT2D eigenvalue weighted by Gasteiger charge is 2.30. The van der Waals surface area contributed by atoms with Gasteiger partial charge in [-0.25, -0.2) is 0 Å². The molecule has 0 unspecified atom stereocenters. The van der Waals surface area contributed by atoms with Crippen LogP contribution in [-0.2, 0) is 18.5 Å². The van der Waals surface area contributed by atoms with Gasteiger partial charge in [-0.15, -0.1) is 16.8 Å². The van der Waals surface area contributed by atoms with Gasteiger partial charge in [0.25, 0.3) is 0 Å². The number of furan rings is 1. The number of rotatable bonds is 7. The lowest BCUT2D eigenvalue weighted by Gasteiger charge is -2.05. The Labute approximate surface area is 172 Å². The fraction of sp³-hybridized carbons (Fsp3) is 0.158. The maximum atomic E-state index is 12.7. The molecule has 0 radical (unpaired) electrons. The van der Waals surface area contributed by atoms with E-state index in [1.165, 1.54) is 23.9 Å². The van der Waals surface area contributed by atoms with Crippen molar-refractivity contribution < 1.29 is 22.1 Å².